The van der Waals surface area contributed by atoms with Crippen LogP contribution >= 0.6 is 0 Å². The summed E-state index contributed by atoms with van der Waals surface area (Å²) in [6, 6.07) is 1.01. The van der Waals surface area contributed by atoms with Gasteiger partial charge in [0.05, 0.1) is 13.7 Å². The Morgan fingerprint density at radius 3 is 2.68 bits per heavy atom. The molecule has 2 aliphatic heterocycles. The smallest absolute Gasteiger partial charge is 0.409 e. The lowest BCUT2D eigenvalue weighted by Gasteiger charge is -2.36. The zero-order valence-electron chi connectivity index (χ0n) is 12.1. The van der Waals surface area contributed by atoms with Crippen LogP contribution in [0.1, 0.15) is 32.6 Å². The Bertz CT molecular complexity index is 284. The van der Waals surface area contributed by atoms with Crippen molar-refractivity contribution in [1.29, 1.82) is 0 Å². The van der Waals surface area contributed by atoms with Crippen LogP contribution in [0.3, 0.4) is 0 Å². The summed E-state index contributed by atoms with van der Waals surface area (Å²) >= 11 is 0. The van der Waals surface area contributed by atoms with Crippen LogP contribution in [0.2, 0.25) is 0 Å². The predicted molar refractivity (Wildman–Crippen MR) is 73.1 cm³/mol. The van der Waals surface area contributed by atoms with Crippen molar-refractivity contribution in [3.8, 4) is 0 Å². The third kappa shape index (κ3) is 4.08. The molecule has 1 N–H and O–H groups in total. The number of methoxy groups -OCH3 is 1. The van der Waals surface area contributed by atoms with Gasteiger partial charge in [-0.2, -0.15) is 0 Å². The molecule has 0 aromatic rings. The lowest BCUT2D eigenvalue weighted by atomic mass is 9.93. The highest BCUT2D eigenvalue weighted by Gasteiger charge is 2.27. The summed E-state index contributed by atoms with van der Waals surface area (Å²) in [7, 11) is 1.44. The Labute approximate surface area is 115 Å². The van der Waals surface area contributed by atoms with Crippen LogP contribution < -0.4 is 5.32 Å². The van der Waals surface area contributed by atoms with Gasteiger partial charge in [-0.3, -0.25) is 0 Å². The molecule has 0 radical (unpaired) electrons. The summed E-state index contributed by atoms with van der Waals surface area (Å²) in [6.45, 7) is 5.64. The van der Waals surface area contributed by atoms with Crippen molar-refractivity contribution in [2.24, 2.45) is 5.92 Å². The van der Waals surface area contributed by atoms with E-state index in [1.54, 1.807) is 4.90 Å². The minimum absolute atomic E-state index is 0.202. The fourth-order valence-electron chi connectivity index (χ4n) is 3.03. The highest BCUT2D eigenvalue weighted by molar-refractivity contribution is 5.67. The van der Waals surface area contributed by atoms with E-state index in [4.69, 9.17) is 9.47 Å². The summed E-state index contributed by atoms with van der Waals surface area (Å²) in [6.07, 6.45) is 4.25. The Balaban J connectivity index is 1.71. The number of piperidine rings is 1. The first-order chi connectivity index (χ1) is 9.20. The molecule has 1 amide bonds. The minimum atomic E-state index is -0.202. The summed E-state index contributed by atoms with van der Waals surface area (Å²) < 4.78 is 10.3. The molecule has 2 saturated heterocycles. The highest BCUT2D eigenvalue weighted by Crippen LogP contribution is 2.19. The maximum atomic E-state index is 11.4. The number of rotatable bonds is 3. The van der Waals surface area contributed by atoms with E-state index in [9.17, 15) is 4.79 Å². The second-order valence-corrected chi connectivity index (χ2v) is 5.66. The van der Waals surface area contributed by atoms with E-state index >= 15 is 0 Å². The van der Waals surface area contributed by atoms with E-state index in [2.05, 4.69) is 12.2 Å². The molecular formula is C14H26N2O3. The summed E-state index contributed by atoms with van der Waals surface area (Å²) in [4.78, 5) is 13.2. The molecule has 2 rings (SSSR count). The normalized spacial score (nSPS) is 27.1. The molecule has 2 aliphatic rings. The van der Waals surface area contributed by atoms with Gasteiger partial charge in [0.15, 0.2) is 0 Å². The van der Waals surface area contributed by atoms with Gasteiger partial charge < -0.3 is 19.7 Å². The van der Waals surface area contributed by atoms with Crippen molar-refractivity contribution in [3.05, 3.63) is 0 Å². The molecule has 0 spiro atoms. The highest BCUT2D eigenvalue weighted by atomic mass is 16.5. The number of nitrogens with zero attached hydrogens (tertiary/aromatic N) is 1. The molecule has 19 heavy (non-hydrogen) atoms. The predicted octanol–water partition coefficient (Wildman–Crippen LogP) is 1.62. The van der Waals surface area contributed by atoms with Crippen LogP contribution in [-0.4, -0.2) is 56.5 Å². The number of amides is 1. The van der Waals surface area contributed by atoms with Crippen molar-refractivity contribution in [1.82, 2.24) is 10.2 Å². The third-order valence-corrected chi connectivity index (χ3v) is 4.33. The molecule has 0 saturated carbocycles. The van der Waals surface area contributed by atoms with Crippen molar-refractivity contribution in [2.45, 2.75) is 44.7 Å². The lowest BCUT2D eigenvalue weighted by molar-refractivity contribution is 0.0381. The number of nitrogens with one attached hydrogen (secondary N) is 1. The van der Waals surface area contributed by atoms with Gasteiger partial charge in [-0.1, -0.05) is 0 Å². The van der Waals surface area contributed by atoms with E-state index in [-0.39, 0.29) is 6.09 Å². The topological polar surface area (TPSA) is 50.8 Å². The molecule has 0 aromatic heterocycles. The molecular weight excluding hydrogens is 244 g/mol. The van der Waals surface area contributed by atoms with Gasteiger partial charge in [-0.05, 0) is 38.5 Å². The average molecular weight is 270 g/mol. The number of ether oxygens (including phenoxy) is 2. The SMILES string of the molecule is COC(=O)N1CCC(N[C@@H](C)[C@H]2CCCOC2)CC1. The van der Waals surface area contributed by atoms with Gasteiger partial charge in [0.1, 0.15) is 0 Å². The van der Waals surface area contributed by atoms with Crippen LogP contribution in [0.15, 0.2) is 0 Å². The summed E-state index contributed by atoms with van der Waals surface area (Å²) in [5, 5.41) is 3.71. The Kier molecular flexibility index (Phi) is 5.45. The molecule has 0 bridgehead atoms. The molecule has 0 aromatic carbocycles. The average Bonchev–Trinajstić information content (AvgIpc) is 2.48. The maximum absolute atomic E-state index is 11.4. The number of hydrogen-bond acceptors (Lipinski definition) is 4. The van der Waals surface area contributed by atoms with Gasteiger partial charge in [0.2, 0.25) is 0 Å². The van der Waals surface area contributed by atoms with Gasteiger partial charge in [0.25, 0.3) is 0 Å². The van der Waals surface area contributed by atoms with Crippen LogP contribution in [0.4, 0.5) is 4.79 Å². The van der Waals surface area contributed by atoms with E-state index in [0.29, 0.717) is 18.0 Å². The van der Waals surface area contributed by atoms with E-state index in [1.165, 1.54) is 20.0 Å². The fraction of sp³-hybridized carbons (Fsp3) is 0.929. The molecule has 5 heteroatoms. The van der Waals surface area contributed by atoms with Gasteiger partial charge in [-0.25, -0.2) is 4.79 Å². The molecule has 2 heterocycles. The molecule has 5 nitrogen and oxygen atoms in total. The first-order valence-corrected chi connectivity index (χ1v) is 7.37. The van der Waals surface area contributed by atoms with Crippen molar-refractivity contribution < 1.29 is 14.3 Å². The van der Waals surface area contributed by atoms with E-state index in [0.717, 1.165) is 39.1 Å². The molecule has 0 aliphatic carbocycles. The van der Waals surface area contributed by atoms with Gasteiger partial charge >= 0.3 is 6.09 Å². The van der Waals surface area contributed by atoms with Crippen molar-refractivity contribution in [2.75, 3.05) is 33.4 Å². The van der Waals surface area contributed by atoms with Gasteiger partial charge in [0, 0.05) is 31.8 Å². The standard InChI is InChI=1S/C14H26N2O3/c1-11(12-4-3-9-19-10-12)15-13-5-7-16(8-6-13)14(17)18-2/h11-13,15H,3-10H2,1-2H3/t11-,12-/m0/s1. The second-order valence-electron chi connectivity index (χ2n) is 5.66. The van der Waals surface area contributed by atoms with Crippen molar-refractivity contribution in [3.63, 3.8) is 0 Å². The zero-order chi connectivity index (χ0) is 13.7. The number of likely N-dealkylation sites (tertiary alicyclic amines) is 1. The first kappa shape index (κ1) is 14.6. The molecule has 110 valence electrons. The van der Waals surface area contributed by atoms with Crippen LogP contribution in [0.5, 0.6) is 0 Å². The quantitative estimate of drug-likeness (QED) is 0.846. The van der Waals surface area contributed by atoms with Crippen LogP contribution in [0, 0.1) is 5.92 Å². The Morgan fingerprint density at radius 1 is 1.37 bits per heavy atom. The first-order valence-electron chi connectivity index (χ1n) is 7.37. The minimum Gasteiger partial charge on any atom is -0.453 e. The van der Waals surface area contributed by atoms with E-state index in [1.807, 2.05) is 0 Å². The summed E-state index contributed by atoms with van der Waals surface area (Å²) in [5.74, 6) is 0.632. The number of carbonyl (C=O) groups is 1. The van der Waals surface area contributed by atoms with Crippen molar-refractivity contribution >= 4 is 6.09 Å². The molecule has 0 unspecified atom stereocenters. The maximum Gasteiger partial charge on any atom is 0.409 e. The number of hydrogen-bond donors (Lipinski definition) is 1. The largest absolute Gasteiger partial charge is 0.453 e. The van der Waals surface area contributed by atoms with E-state index < -0.39 is 0 Å². The second kappa shape index (κ2) is 7.10. The molecule has 2 fully saturated rings. The molecule has 2 atom stereocenters. The lowest BCUT2D eigenvalue weighted by Crippen LogP contribution is -2.49. The Hall–Kier alpha value is -0.810. The number of carbonyl (C=O) groups excluding carboxylic acids is 1. The van der Waals surface area contributed by atoms with Crippen LogP contribution in [-0.2, 0) is 9.47 Å². The van der Waals surface area contributed by atoms with Gasteiger partial charge in [-0.15, -0.1) is 0 Å². The zero-order valence-corrected chi connectivity index (χ0v) is 12.1. The third-order valence-electron chi connectivity index (χ3n) is 4.33. The van der Waals surface area contributed by atoms with Crippen LogP contribution in [0.25, 0.3) is 0 Å². The monoisotopic (exact) mass is 270 g/mol. The Morgan fingerprint density at radius 2 is 2.11 bits per heavy atom. The fourth-order valence-corrected chi connectivity index (χ4v) is 3.03. The summed E-state index contributed by atoms with van der Waals surface area (Å²) in [5.41, 5.74) is 0.